The minimum Gasteiger partial charge on any atom is -0.410 e. The van der Waals surface area contributed by atoms with E-state index in [9.17, 15) is 14.9 Å². The molecule has 0 unspecified atom stereocenters. The number of amides is 1. The zero-order valence-corrected chi connectivity index (χ0v) is 9.20. The fourth-order valence-corrected chi connectivity index (χ4v) is 1.60. The molecule has 1 fully saturated rings. The van der Waals surface area contributed by atoms with Gasteiger partial charge in [0, 0.05) is 0 Å². The molecule has 0 aromatic heterocycles. The van der Waals surface area contributed by atoms with E-state index in [2.05, 4.69) is 4.74 Å². The summed E-state index contributed by atoms with van der Waals surface area (Å²) in [5.74, 6) is -0.00375. The van der Waals surface area contributed by atoms with E-state index in [0.29, 0.717) is 13.2 Å². The first-order valence-corrected chi connectivity index (χ1v) is 5.07. The van der Waals surface area contributed by atoms with Gasteiger partial charge < -0.3 is 19.9 Å². The van der Waals surface area contributed by atoms with E-state index in [4.69, 9.17) is 15.2 Å². The van der Waals surface area contributed by atoms with Gasteiger partial charge in [0.2, 0.25) is 0 Å². The first-order chi connectivity index (χ1) is 8.58. The van der Waals surface area contributed by atoms with Crippen molar-refractivity contribution in [1.29, 1.82) is 0 Å². The lowest BCUT2D eigenvalue weighted by Crippen LogP contribution is -2.16. The third-order valence-electron chi connectivity index (χ3n) is 2.29. The molecule has 0 radical (unpaired) electrons. The average molecular weight is 254 g/mol. The summed E-state index contributed by atoms with van der Waals surface area (Å²) in [7, 11) is 0. The molecule has 1 aromatic carbocycles. The topological polar surface area (TPSA) is 114 Å². The van der Waals surface area contributed by atoms with Crippen LogP contribution in [0, 0.1) is 10.1 Å². The standard InChI is InChI=1S/C10H10N2O6/c11-10(13)18-6-1-2-7(8(5-6)12(14)15)9-16-3-4-17-9/h1-2,5,9H,3-4H2,(H2,11,13). The van der Waals surface area contributed by atoms with Crippen LogP contribution in [0.4, 0.5) is 10.5 Å². The summed E-state index contributed by atoms with van der Waals surface area (Å²) >= 11 is 0. The fourth-order valence-electron chi connectivity index (χ4n) is 1.60. The number of carbonyl (C=O) groups is 1. The van der Waals surface area contributed by atoms with Crippen LogP contribution >= 0.6 is 0 Å². The highest BCUT2D eigenvalue weighted by Gasteiger charge is 2.27. The van der Waals surface area contributed by atoms with Crippen molar-refractivity contribution >= 4 is 11.8 Å². The van der Waals surface area contributed by atoms with Gasteiger partial charge in [-0.2, -0.15) is 0 Å². The van der Waals surface area contributed by atoms with Crippen molar-refractivity contribution in [2.75, 3.05) is 13.2 Å². The Bertz CT molecular complexity index is 483. The Morgan fingerprint density at radius 2 is 2.11 bits per heavy atom. The second kappa shape index (κ2) is 4.98. The Morgan fingerprint density at radius 3 is 2.67 bits per heavy atom. The summed E-state index contributed by atoms with van der Waals surface area (Å²) in [4.78, 5) is 20.9. The molecule has 1 amide bonds. The summed E-state index contributed by atoms with van der Waals surface area (Å²) in [5, 5.41) is 10.9. The van der Waals surface area contributed by atoms with Crippen LogP contribution in [0.2, 0.25) is 0 Å². The van der Waals surface area contributed by atoms with Crippen LogP contribution in [0.25, 0.3) is 0 Å². The highest BCUT2D eigenvalue weighted by atomic mass is 16.7. The van der Waals surface area contributed by atoms with Crippen LogP contribution in [-0.4, -0.2) is 24.2 Å². The molecular formula is C10H10N2O6. The summed E-state index contributed by atoms with van der Waals surface area (Å²) in [6.07, 6.45) is -1.81. The summed E-state index contributed by atoms with van der Waals surface area (Å²) in [6.45, 7) is 0.753. The molecule has 1 aromatic rings. The molecule has 0 aliphatic carbocycles. The molecule has 1 aliphatic heterocycles. The second-order valence-corrected chi connectivity index (χ2v) is 3.47. The molecule has 2 rings (SSSR count). The number of nitrogens with zero attached hydrogens (tertiary/aromatic N) is 1. The van der Waals surface area contributed by atoms with Gasteiger partial charge in [0.1, 0.15) is 5.75 Å². The van der Waals surface area contributed by atoms with Gasteiger partial charge in [-0.05, 0) is 12.1 Å². The molecule has 18 heavy (non-hydrogen) atoms. The number of ether oxygens (including phenoxy) is 3. The minimum atomic E-state index is -1.04. The fraction of sp³-hybridized carbons (Fsp3) is 0.300. The molecule has 8 heteroatoms. The summed E-state index contributed by atoms with van der Waals surface area (Å²) < 4.78 is 15.0. The number of hydrogen-bond donors (Lipinski definition) is 1. The normalized spacial score (nSPS) is 15.6. The third-order valence-corrected chi connectivity index (χ3v) is 2.29. The second-order valence-electron chi connectivity index (χ2n) is 3.47. The number of rotatable bonds is 3. The maximum Gasteiger partial charge on any atom is 0.409 e. The van der Waals surface area contributed by atoms with Crippen molar-refractivity contribution in [3.8, 4) is 5.75 Å². The average Bonchev–Trinajstić information content (AvgIpc) is 2.81. The van der Waals surface area contributed by atoms with E-state index in [1.807, 2.05) is 0 Å². The van der Waals surface area contributed by atoms with Crippen molar-refractivity contribution in [1.82, 2.24) is 0 Å². The Morgan fingerprint density at radius 1 is 1.44 bits per heavy atom. The molecule has 8 nitrogen and oxygen atoms in total. The van der Waals surface area contributed by atoms with Gasteiger partial charge in [-0.25, -0.2) is 4.79 Å². The number of carbonyl (C=O) groups excluding carboxylic acids is 1. The van der Waals surface area contributed by atoms with Crippen molar-refractivity contribution in [3.63, 3.8) is 0 Å². The van der Waals surface area contributed by atoms with E-state index in [1.165, 1.54) is 12.1 Å². The van der Waals surface area contributed by atoms with Crippen LogP contribution in [0.1, 0.15) is 11.9 Å². The van der Waals surface area contributed by atoms with Crippen molar-refractivity contribution < 1.29 is 23.9 Å². The lowest BCUT2D eigenvalue weighted by Gasteiger charge is -2.10. The number of hydrogen-bond acceptors (Lipinski definition) is 6. The Hall–Kier alpha value is -2.19. The SMILES string of the molecule is NC(=O)Oc1ccc(C2OCCO2)c([N+](=O)[O-])c1. The molecule has 0 atom stereocenters. The Labute approximate surface area is 101 Å². The van der Waals surface area contributed by atoms with Crippen LogP contribution < -0.4 is 10.5 Å². The van der Waals surface area contributed by atoms with Crippen LogP contribution in [0.15, 0.2) is 18.2 Å². The quantitative estimate of drug-likeness (QED) is 0.638. The van der Waals surface area contributed by atoms with Gasteiger partial charge in [0.15, 0.2) is 6.29 Å². The first kappa shape index (κ1) is 12.3. The zero-order valence-electron chi connectivity index (χ0n) is 9.20. The van der Waals surface area contributed by atoms with Gasteiger partial charge in [-0.1, -0.05) is 0 Å². The summed E-state index contributed by atoms with van der Waals surface area (Å²) in [6, 6.07) is 3.90. The predicted molar refractivity (Wildman–Crippen MR) is 58.0 cm³/mol. The van der Waals surface area contributed by atoms with Crippen LogP contribution in [-0.2, 0) is 9.47 Å². The van der Waals surface area contributed by atoms with Crippen molar-refractivity contribution in [3.05, 3.63) is 33.9 Å². The molecule has 1 saturated heterocycles. The first-order valence-electron chi connectivity index (χ1n) is 5.07. The highest BCUT2D eigenvalue weighted by molar-refractivity contribution is 5.68. The molecule has 1 aliphatic rings. The van der Waals surface area contributed by atoms with Crippen LogP contribution in [0.5, 0.6) is 5.75 Å². The summed E-state index contributed by atoms with van der Waals surface area (Å²) in [5.41, 5.74) is 4.85. The van der Waals surface area contributed by atoms with E-state index in [1.54, 1.807) is 0 Å². The monoisotopic (exact) mass is 254 g/mol. The molecule has 0 spiro atoms. The minimum absolute atomic E-state index is 0.00375. The molecule has 2 N–H and O–H groups in total. The number of nitro benzene ring substituents is 1. The van der Waals surface area contributed by atoms with Gasteiger partial charge in [-0.3, -0.25) is 10.1 Å². The smallest absolute Gasteiger partial charge is 0.409 e. The highest BCUT2D eigenvalue weighted by Crippen LogP contribution is 2.33. The Balaban J connectivity index is 2.34. The van der Waals surface area contributed by atoms with Gasteiger partial charge >= 0.3 is 6.09 Å². The van der Waals surface area contributed by atoms with Crippen LogP contribution in [0.3, 0.4) is 0 Å². The zero-order chi connectivity index (χ0) is 13.1. The largest absolute Gasteiger partial charge is 0.410 e. The number of nitro groups is 1. The maximum absolute atomic E-state index is 10.9. The van der Waals surface area contributed by atoms with E-state index < -0.39 is 17.3 Å². The molecule has 1 heterocycles. The van der Waals surface area contributed by atoms with E-state index in [-0.39, 0.29) is 17.0 Å². The predicted octanol–water partition coefficient (Wildman–Crippen LogP) is 1.10. The van der Waals surface area contributed by atoms with Gasteiger partial charge in [-0.15, -0.1) is 0 Å². The van der Waals surface area contributed by atoms with E-state index >= 15 is 0 Å². The number of primary amides is 1. The number of nitrogens with two attached hydrogens (primary N) is 1. The number of benzene rings is 1. The maximum atomic E-state index is 10.9. The van der Waals surface area contributed by atoms with Crippen molar-refractivity contribution in [2.45, 2.75) is 6.29 Å². The molecule has 0 bridgehead atoms. The lowest BCUT2D eigenvalue weighted by atomic mass is 10.1. The Kier molecular flexibility index (Phi) is 3.40. The lowest BCUT2D eigenvalue weighted by molar-refractivity contribution is -0.386. The third kappa shape index (κ3) is 2.55. The van der Waals surface area contributed by atoms with Gasteiger partial charge in [0.25, 0.3) is 5.69 Å². The molecule has 96 valence electrons. The van der Waals surface area contributed by atoms with Gasteiger partial charge in [0.05, 0.1) is 29.8 Å². The van der Waals surface area contributed by atoms with E-state index in [0.717, 1.165) is 6.07 Å². The molecular weight excluding hydrogens is 244 g/mol. The molecule has 0 saturated carbocycles. The van der Waals surface area contributed by atoms with Crippen molar-refractivity contribution in [2.24, 2.45) is 5.73 Å².